The van der Waals surface area contributed by atoms with Gasteiger partial charge in [0.2, 0.25) is 0 Å². The molecule has 1 heterocycles. The SMILES string of the molecule is O=C(Nc1cccc(Cl)c1C(=O)O)NC1CCSC1. The van der Waals surface area contributed by atoms with Crippen molar-refractivity contribution in [2.45, 2.75) is 12.5 Å². The number of carboxylic acid groups (broad SMARTS) is 1. The number of halogens is 1. The van der Waals surface area contributed by atoms with Crippen LogP contribution in [0.15, 0.2) is 18.2 Å². The Morgan fingerprint density at radius 1 is 1.42 bits per heavy atom. The first-order chi connectivity index (χ1) is 9.08. The summed E-state index contributed by atoms with van der Waals surface area (Å²) in [5.74, 6) is 0.745. The largest absolute Gasteiger partial charge is 0.478 e. The van der Waals surface area contributed by atoms with Gasteiger partial charge in [-0.3, -0.25) is 0 Å². The smallest absolute Gasteiger partial charge is 0.339 e. The average Bonchev–Trinajstić information content (AvgIpc) is 2.81. The maximum absolute atomic E-state index is 11.8. The Hall–Kier alpha value is -1.40. The van der Waals surface area contributed by atoms with Gasteiger partial charge in [-0.25, -0.2) is 9.59 Å². The predicted octanol–water partition coefficient (Wildman–Crippen LogP) is 2.67. The second-order valence-corrected chi connectivity index (χ2v) is 5.68. The summed E-state index contributed by atoms with van der Waals surface area (Å²) in [6.07, 6.45) is 0.930. The van der Waals surface area contributed by atoms with E-state index in [1.807, 2.05) is 0 Å². The number of thioether (sulfide) groups is 1. The monoisotopic (exact) mass is 300 g/mol. The summed E-state index contributed by atoms with van der Waals surface area (Å²) in [5, 5.41) is 14.5. The van der Waals surface area contributed by atoms with Crippen LogP contribution in [0.4, 0.5) is 10.5 Å². The molecule has 7 heteroatoms. The van der Waals surface area contributed by atoms with Gasteiger partial charge in [0.25, 0.3) is 0 Å². The number of rotatable bonds is 3. The van der Waals surface area contributed by atoms with Crippen molar-refractivity contribution in [1.29, 1.82) is 0 Å². The minimum absolute atomic E-state index is 0.0971. The van der Waals surface area contributed by atoms with Gasteiger partial charge < -0.3 is 15.7 Å². The molecule has 1 aromatic rings. The van der Waals surface area contributed by atoms with Gasteiger partial charge in [-0.15, -0.1) is 0 Å². The van der Waals surface area contributed by atoms with Crippen LogP contribution < -0.4 is 10.6 Å². The molecule has 2 amide bonds. The minimum atomic E-state index is -1.17. The quantitative estimate of drug-likeness (QED) is 0.802. The molecule has 1 aliphatic rings. The molecule has 2 rings (SSSR count). The number of urea groups is 1. The molecule has 102 valence electrons. The van der Waals surface area contributed by atoms with Crippen molar-refractivity contribution in [3.8, 4) is 0 Å². The third-order valence-electron chi connectivity index (χ3n) is 2.74. The zero-order chi connectivity index (χ0) is 13.8. The summed E-state index contributed by atoms with van der Waals surface area (Å²) in [7, 11) is 0. The molecule has 0 aliphatic carbocycles. The second kappa shape index (κ2) is 6.16. The van der Waals surface area contributed by atoms with Crippen molar-refractivity contribution in [3.05, 3.63) is 28.8 Å². The van der Waals surface area contributed by atoms with Gasteiger partial charge in [0.1, 0.15) is 5.56 Å². The van der Waals surface area contributed by atoms with Crippen LogP contribution in [0.3, 0.4) is 0 Å². The normalized spacial score (nSPS) is 18.1. The Labute approximate surface area is 119 Å². The molecule has 1 aromatic carbocycles. The fraction of sp³-hybridized carbons (Fsp3) is 0.333. The first-order valence-corrected chi connectivity index (χ1v) is 7.28. The molecule has 1 atom stereocenters. The molecule has 3 N–H and O–H groups in total. The Morgan fingerprint density at radius 2 is 2.21 bits per heavy atom. The lowest BCUT2D eigenvalue weighted by atomic mass is 10.2. The van der Waals surface area contributed by atoms with E-state index in [9.17, 15) is 9.59 Å². The fourth-order valence-electron chi connectivity index (χ4n) is 1.84. The van der Waals surface area contributed by atoms with E-state index < -0.39 is 12.0 Å². The number of carbonyl (C=O) groups excluding carboxylic acids is 1. The molecule has 1 aliphatic heterocycles. The molecule has 1 unspecified atom stereocenters. The topological polar surface area (TPSA) is 78.4 Å². The lowest BCUT2D eigenvalue weighted by molar-refractivity contribution is 0.0698. The highest BCUT2D eigenvalue weighted by atomic mass is 35.5. The first kappa shape index (κ1) is 14.0. The van der Waals surface area contributed by atoms with Crippen molar-refractivity contribution >= 4 is 41.1 Å². The molecule has 19 heavy (non-hydrogen) atoms. The van der Waals surface area contributed by atoms with Crippen LogP contribution >= 0.6 is 23.4 Å². The van der Waals surface area contributed by atoms with Crippen LogP contribution in [0.1, 0.15) is 16.8 Å². The number of hydrogen-bond donors (Lipinski definition) is 3. The number of hydrogen-bond acceptors (Lipinski definition) is 3. The van der Waals surface area contributed by atoms with Crippen molar-refractivity contribution in [3.63, 3.8) is 0 Å². The highest BCUT2D eigenvalue weighted by molar-refractivity contribution is 7.99. The lowest BCUT2D eigenvalue weighted by Crippen LogP contribution is -2.38. The van der Waals surface area contributed by atoms with Crippen molar-refractivity contribution in [1.82, 2.24) is 5.32 Å². The third kappa shape index (κ3) is 3.54. The van der Waals surface area contributed by atoms with E-state index in [0.717, 1.165) is 17.9 Å². The average molecular weight is 301 g/mol. The first-order valence-electron chi connectivity index (χ1n) is 5.75. The van der Waals surface area contributed by atoms with E-state index in [4.69, 9.17) is 16.7 Å². The summed E-state index contributed by atoms with van der Waals surface area (Å²) in [4.78, 5) is 22.9. The van der Waals surface area contributed by atoms with Gasteiger partial charge in [-0.2, -0.15) is 11.8 Å². The number of nitrogens with one attached hydrogen (secondary N) is 2. The molecule has 5 nitrogen and oxygen atoms in total. The van der Waals surface area contributed by atoms with Crippen LogP contribution in [-0.2, 0) is 0 Å². The zero-order valence-corrected chi connectivity index (χ0v) is 11.6. The van der Waals surface area contributed by atoms with Gasteiger partial charge in [0.05, 0.1) is 10.7 Å². The maximum atomic E-state index is 11.8. The second-order valence-electron chi connectivity index (χ2n) is 4.13. The summed E-state index contributed by atoms with van der Waals surface area (Å²) in [6, 6.07) is 4.31. The fourth-order valence-corrected chi connectivity index (χ4v) is 3.25. The van der Waals surface area contributed by atoms with Gasteiger partial charge in [0, 0.05) is 11.8 Å². The molecule has 0 saturated carbocycles. The van der Waals surface area contributed by atoms with Gasteiger partial charge in [-0.05, 0) is 24.3 Å². The number of carboxylic acids is 1. The minimum Gasteiger partial charge on any atom is -0.478 e. The van der Waals surface area contributed by atoms with Crippen LogP contribution in [0.5, 0.6) is 0 Å². The van der Waals surface area contributed by atoms with Crippen LogP contribution in [-0.4, -0.2) is 34.7 Å². The number of amides is 2. The van der Waals surface area contributed by atoms with E-state index in [0.29, 0.717) is 0 Å². The number of aromatic carboxylic acids is 1. The molecular formula is C12H13ClN2O3S. The van der Waals surface area contributed by atoms with Crippen molar-refractivity contribution in [2.75, 3.05) is 16.8 Å². The van der Waals surface area contributed by atoms with Crippen LogP contribution in [0.25, 0.3) is 0 Å². The van der Waals surface area contributed by atoms with Crippen molar-refractivity contribution in [2.24, 2.45) is 0 Å². The zero-order valence-electron chi connectivity index (χ0n) is 9.98. The Balaban J connectivity index is 2.07. The predicted molar refractivity (Wildman–Crippen MR) is 76.3 cm³/mol. The summed E-state index contributed by atoms with van der Waals surface area (Å²) < 4.78 is 0. The number of benzene rings is 1. The summed E-state index contributed by atoms with van der Waals surface area (Å²) >= 11 is 7.61. The van der Waals surface area contributed by atoms with Gasteiger partial charge in [-0.1, -0.05) is 17.7 Å². The summed E-state index contributed by atoms with van der Waals surface area (Å²) in [5.41, 5.74) is 0.100. The molecular weight excluding hydrogens is 288 g/mol. The summed E-state index contributed by atoms with van der Waals surface area (Å²) in [6.45, 7) is 0. The number of anilines is 1. The standard InChI is InChI=1S/C12H13ClN2O3S/c13-8-2-1-3-9(10(8)11(16)17)15-12(18)14-7-4-5-19-6-7/h1-3,7H,4-6H2,(H,16,17)(H2,14,15,18). The Morgan fingerprint density at radius 3 is 2.84 bits per heavy atom. The van der Waals surface area contributed by atoms with E-state index in [1.165, 1.54) is 12.1 Å². The molecule has 1 saturated heterocycles. The van der Waals surface area contributed by atoms with E-state index in [2.05, 4.69) is 10.6 Å². The Bertz CT molecular complexity index is 504. The Kier molecular flexibility index (Phi) is 4.55. The van der Waals surface area contributed by atoms with E-state index in [-0.39, 0.29) is 22.3 Å². The molecule has 1 fully saturated rings. The third-order valence-corrected chi connectivity index (χ3v) is 4.22. The molecule has 0 radical (unpaired) electrons. The molecule has 0 aromatic heterocycles. The van der Waals surface area contributed by atoms with Crippen molar-refractivity contribution < 1.29 is 14.7 Å². The van der Waals surface area contributed by atoms with Gasteiger partial charge >= 0.3 is 12.0 Å². The maximum Gasteiger partial charge on any atom is 0.339 e. The van der Waals surface area contributed by atoms with E-state index >= 15 is 0 Å². The molecule has 0 spiro atoms. The van der Waals surface area contributed by atoms with Gasteiger partial charge in [0.15, 0.2) is 0 Å². The van der Waals surface area contributed by atoms with Crippen LogP contribution in [0, 0.1) is 0 Å². The van der Waals surface area contributed by atoms with Crippen LogP contribution in [0.2, 0.25) is 5.02 Å². The highest BCUT2D eigenvalue weighted by Gasteiger charge is 2.20. The van der Waals surface area contributed by atoms with E-state index in [1.54, 1.807) is 17.8 Å². The molecule has 0 bridgehead atoms. The highest BCUT2D eigenvalue weighted by Crippen LogP contribution is 2.24. The number of carbonyl (C=O) groups is 2. The lowest BCUT2D eigenvalue weighted by Gasteiger charge is -2.14.